The Kier molecular flexibility index (Phi) is 8.71. The summed E-state index contributed by atoms with van der Waals surface area (Å²) >= 11 is 6.33. The van der Waals surface area contributed by atoms with E-state index in [9.17, 15) is 9.59 Å². The van der Waals surface area contributed by atoms with Crippen LogP contribution >= 0.6 is 11.6 Å². The number of amides is 2. The van der Waals surface area contributed by atoms with Crippen LogP contribution in [0.2, 0.25) is 5.02 Å². The summed E-state index contributed by atoms with van der Waals surface area (Å²) in [4.78, 5) is 27.6. The van der Waals surface area contributed by atoms with Crippen molar-refractivity contribution in [2.75, 3.05) is 6.54 Å². The second-order valence-corrected chi connectivity index (χ2v) is 7.95. The maximum absolute atomic E-state index is 13.3. The minimum Gasteiger partial charge on any atom is -0.354 e. The van der Waals surface area contributed by atoms with Gasteiger partial charge in [0.25, 0.3) is 0 Å². The molecule has 5 heteroatoms. The Morgan fingerprint density at radius 1 is 1.10 bits per heavy atom. The lowest BCUT2D eigenvalue weighted by atomic mass is 10.0. The summed E-state index contributed by atoms with van der Waals surface area (Å²) in [6.07, 6.45) is 2.17. The predicted molar refractivity (Wildman–Crippen MR) is 119 cm³/mol. The third-order valence-corrected chi connectivity index (χ3v) is 5.51. The normalized spacial score (nSPS) is 11.8. The van der Waals surface area contributed by atoms with Gasteiger partial charge in [0.2, 0.25) is 11.8 Å². The number of aryl methyl sites for hydroxylation is 2. The van der Waals surface area contributed by atoms with E-state index in [2.05, 4.69) is 12.2 Å². The van der Waals surface area contributed by atoms with Crippen LogP contribution in [0.4, 0.5) is 0 Å². The van der Waals surface area contributed by atoms with Crippen LogP contribution in [0.5, 0.6) is 0 Å². The van der Waals surface area contributed by atoms with Crippen molar-refractivity contribution in [1.82, 2.24) is 10.2 Å². The highest BCUT2D eigenvalue weighted by molar-refractivity contribution is 6.31. The highest BCUT2D eigenvalue weighted by atomic mass is 35.5. The first-order chi connectivity index (χ1) is 13.8. The molecule has 4 nitrogen and oxygen atoms in total. The first kappa shape index (κ1) is 23.0. The smallest absolute Gasteiger partial charge is 0.242 e. The summed E-state index contributed by atoms with van der Waals surface area (Å²) in [5.41, 5.74) is 4.00. The zero-order valence-electron chi connectivity index (χ0n) is 17.8. The minimum atomic E-state index is -0.583. The molecule has 0 spiro atoms. The van der Waals surface area contributed by atoms with Crippen molar-refractivity contribution in [3.63, 3.8) is 0 Å². The SMILES string of the molecule is CCCCNC(=O)[C@H](C)N(Cc1ccccc1Cl)C(=O)Cc1cc(C)ccc1C. The Morgan fingerprint density at radius 2 is 1.83 bits per heavy atom. The van der Waals surface area contributed by atoms with E-state index in [1.807, 2.05) is 50.2 Å². The molecule has 0 saturated carbocycles. The number of halogens is 1. The van der Waals surface area contributed by atoms with Gasteiger partial charge in [-0.2, -0.15) is 0 Å². The Labute approximate surface area is 179 Å². The molecule has 2 aromatic carbocycles. The highest BCUT2D eigenvalue weighted by Crippen LogP contribution is 2.20. The van der Waals surface area contributed by atoms with Crippen LogP contribution in [0.25, 0.3) is 0 Å². The molecular weight excluding hydrogens is 384 g/mol. The molecule has 0 aliphatic heterocycles. The lowest BCUT2D eigenvalue weighted by Crippen LogP contribution is -2.48. The molecule has 0 bridgehead atoms. The van der Waals surface area contributed by atoms with Crippen molar-refractivity contribution in [3.8, 4) is 0 Å². The van der Waals surface area contributed by atoms with E-state index in [-0.39, 0.29) is 18.2 Å². The van der Waals surface area contributed by atoms with E-state index >= 15 is 0 Å². The van der Waals surface area contributed by atoms with E-state index in [4.69, 9.17) is 11.6 Å². The number of hydrogen-bond donors (Lipinski definition) is 1. The fraction of sp³-hybridized carbons (Fsp3) is 0.417. The summed E-state index contributed by atoms with van der Waals surface area (Å²) in [5.74, 6) is -0.225. The van der Waals surface area contributed by atoms with Crippen LogP contribution in [-0.2, 0) is 22.6 Å². The number of carbonyl (C=O) groups excluding carboxylic acids is 2. The zero-order chi connectivity index (χ0) is 21.4. The lowest BCUT2D eigenvalue weighted by molar-refractivity contribution is -0.140. The molecule has 2 rings (SSSR count). The van der Waals surface area contributed by atoms with Crippen LogP contribution in [0, 0.1) is 13.8 Å². The summed E-state index contributed by atoms with van der Waals surface area (Å²) in [7, 11) is 0. The van der Waals surface area contributed by atoms with E-state index in [1.165, 1.54) is 0 Å². The topological polar surface area (TPSA) is 49.4 Å². The largest absolute Gasteiger partial charge is 0.354 e. The summed E-state index contributed by atoms with van der Waals surface area (Å²) in [6.45, 7) is 8.78. The van der Waals surface area contributed by atoms with E-state index < -0.39 is 6.04 Å². The van der Waals surface area contributed by atoms with Crippen molar-refractivity contribution < 1.29 is 9.59 Å². The van der Waals surface area contributed by atoms with E-state index in [0.717, 1.165) is 35.1 Å². The monoisotopic (exact) mass is 414 g/mol. The van der Waals surface area contributed by atoms with Gasteiger partial charge in [0.1, 0.15) is 6.04 Å². The van der Waals surface area contributed by atoms with Crippen molar-refractivity contribution >= 4 is 23.4 Å². The molecule has 0 unspecified atom stereocenters. The number of nitrogens with zero attached hydrogens (tertiary/aromatic N) is 1. The maximum atomic E-state index is 13.3. The first-order valence-corrected chi connectivity index (χ1v) is 10.6. The summed E-state index contributed by atoms with van der Waals surface area (Å²) < 4.78 is 0. The third kappa shape index (κ3) is 6.60. The standard InChI is InChI=1S/C24H31ClN2O2/c1-5-6-13-26-24(29)19(4)27(16-20-9-7-8-10-22(20)25)23(28)15-21-14-17(2)11-12-18(21)3/h7-12,14,19H,5-6,13,15-16H2,1-4H3,(H,26,29)/t19-/m0/s1. The molecule has 2 aromatic rings. The number of rotatable bonds is 9. The maximum Gasteiger partial charge on any atom is 0.242 e. The summed E-state index contributed by atoms with van der Waals surface area (Å²) in [6, 6.07) is 13.0. The second kappa shape index (κ2) is 11.0. The van der Waals surface area contributed by atoms with Crippen molar-refractivity contribution in [1.29, 1.82) is 0 Å². The molecule has 156 valence electrons. The zero-order valence-corrected chi connectivity index (χ0v) is 18.6. The highest BCUT2D eigenvalue weighted by Gasteiger charge is 2.26. The number of unbranched alkanes of at least 4 members (excludes halogenated alkanes) is 1. The first-order valence-electron chi connectivity index (χ1n) is 10.2. The van der Waals surface area contributed by atoms with Gasteiger partial charge in [-0.15, -0.1) is 0 Å². The number of hydrogen-bond acceptors (Lipinski definition) is 2. The predicted octanol–water partition coefficient (Wildman–Crippen LogP) is 4.83. The molecule has 0 aliphatic rings. The van der Waals surface area contributed by atoms with E-state index in [0.29, 0.717) is 18.1 Å². The molecular formula is C24H31ClN2O2. The second-order valence-electron chi connectivity index (χ2n) is 7.54. The number of nitrogens with one attached hydrogen (secondary N) is 1. The van der Waals surface area contributed by atoms with Gasteiger partial charge < -0.3 is 10.2 Å². The van der Waals surface area contributed by atoms with Crippen molar-refractivity contribution in [2.45, 2.75) is 59.5 Å². The molecule has 0 aromatic heterocycles. The lowest BCUT2D eigenvalue weighted by Gasteiger charge is -2.29. The number of carbonyl (C=O) groups is 2. The van der Waals surface area contributed by atoms with Gasteiger partial charge in [-0.3, -0.25) is 9.59 Å². The van der Waals surface area contributed by atoms with Crippen LogP contribution in [0.15, 0.2) is 42.5 Å². The van der Waals surface area contributed by atoms with Gasteiger partial charge >= 0.3 is 0 Å². The molecule has 0 fully saturated rings. The Bertz CT molecular complexity index is 851. The average Bonchev–Trinajstić information content (AvgIpc) is 2.69. The molecule has 0 radical (unpaired) electrons. The van der Waals surface area contributed by atoms with Crippen LogP contribution < -0.4 is 5.32 Å². The Morgan fingerprint density at radius 3 is 2.52 bits per heavy atom. The molecule has 2 amide bonds. The quantitative estimate of drug-likeness (QED) is 0.597. The summed E-state index contributed by atoms with van der Waals surface area (Å²) in [5, 5.41) is 3.53. The fourth-order valence-electron chi connectivity index (χ4n) is 3.18. The van der Waals surface area contributed by atoms with Crippen molar-refractivity contribution in [2.24, 2.45) is 0 Å². The van der Waals surface area contributed by atoms with Crippen LogP contribution in [0.1, 0.15) is 48.9 Å². The molecule has 0 aliphatic carbocycles. The molecule has 1 atom stereocenters. The van der Waals surface area contributed by atoms with E-state index in [1.54, 1.807) is 17.9 Å². The Hall–Kier alpha value is -2.33. The third-order valence-electron chi connectivity index (χ3n) is 5.14. The van der Waals surface area contributed by atoms with Gasteiger partial charge in [0.05, 0.1) is 6.42 Å². The molecule has 29 heavy (non-hydrogen) atoms. The van der Waals surface area contributed by atoms with Crippen molar-refractivity contribution in [3.05, 3.63) is 69.7 Å². The Balaban J connectivity index is 2.25. The van der Waals surface area contributed by atoms with Crippen LogP contribution in [0.3, 0.4) is 0 Å². The molecule has 0 saturated heterocycles. The average molecular weight is 415 g/mol. The van der Waals surface area contributed by atoms with Gasteiger partial charge in [0, 0.05) is 18.1 Å². The molecule has 1 N–H and O–H groups in total. The van der Waals surface area contributed by atoms with Gasteiger partial charge in [-0.1, -0.05) is 66.9 Å². The minimum absolute atomic E-state index is 0.0863. The van der Waals surface area contributed by atoms with Gasteiger partial charge in [-0.25, -0.2) is 0 Å². The number of benzene rings is 2. The van der Waals surface area contributed by atoms with Gasteiger partial charge in [-0.05, 0) is 49.9 Å². The van der Waals surface area contributed by atoms with Crippen LogP contribution in [-0.4, -0.2) is 29.3 Å². The molecule has 0 heterocycles. The van der Waals surface area contributed by atoms with Gasteiger partial charge in [0.15, 0.2) is 0 Å². The fourth-order valence-corrected chi connectivity index (χ4v) is 3.38.